The van der Waals surface area contributed by atoms with E-state index in [2.05, 4.69) is 4.98 Å². The highest BCUT2D eigenvalue weighted by atomic mass is 19.1. The Morgan fingerprint density at radius 1 is 1.22 bits per heavy atom. The Hall–Kier alpha value is -2.95. The Morgan fingerprint density at radius 3 is 2.61 bits per heavy atom. The van der Waals surface area contributed by atoms with Crippen molar-refractivity contribution >= 4 is 5.91 Å². The molecule has 0 bridgehead atoms. The van der Waals surface area contributed by atoms with Crippen molar-refractivity contribution in [3.63, 3.8) is 0 Å². The average molecular weight is 309 g/mol. The smallest absolute Gasteiger partial charge is 0.225 e. The molecule has 23 heavy (non-hydrogen) atoms. The number of carbonyl (C=O) groups is 1. The molecule has 1 aromatic heterocycles. The van der Waals surface area contributed by atoms with Crippen molar-refractivity contribution in [1.29, 1.82) is 0 Å². The van der Waals surface area contributed by atoms with Gasteiger partial charge in [-0.15, -0.1) is 0 Å². The van der Waals surface area contributed by atoms with Crippen molar-refractivity contribution in [1.82, 2.24) is 9.55 Å². The van der Waals surface area contributed by atoms with E-state index in [1.165, 1.54) is 6.07 Å². The van der Waals surface area contributed by atoms with E-state index in [0.717, 1.165) is 11.3 Å². The number of carbonyl (C=O) groups excluding carboxylic acids is 1. The average Bonchev–Trinajstić information content (AvgIpc) is 2.94. The van der Waals surface area contributed by atoms with Crippen molar-refractivity contribution in [2.24, 2.45) is 5.73 Å². The number of para-hydroxylation sites is 1. The van der Waals surface area contributed by atoms with Gasteiger partial charge in [-0.05, 0) is 42.8 Å². The van der Waals surface area contributed by atoms with Gasteiger partial charge in [-0.3, -0.25) is 4.79 Å². The fraction of sp³-hybridized carbons (Fsp3) is 0.111. The Labute approximate surface area is 133 Å². The maximum atomic E-state index is 13.4. The van der Waals surface area contributed by atoms with Crippen LogP contribution in [0.2, 0.25) is 0 Å². The SMILES string of the molecule is Cc1cc(-c2cn(-c3ccccc3)c(CC(N)=O)n2)ccc1F. The quantitative estimate of drug-likeness (QED) is 0.805. The highest BCUT2D eigenvalue weighted by molar-refractivity contribution is 5.76. The number of nitrogens with two attached hydrogens (primary N) is 1. The van der Waals surface area contributed by atoms with E-state index in [4.69, 9.17) is 5.73 Å². The number of halogens is 1. The number of amides is 1. The molecule has 0 atom stereocenters. The van der Waals surface area contributed by atoms with Gasteiger partial charge >= 0.3 is 0 Å². The Kier molecular flexibility index (Phi) is 3.93. The Balaban J connectivity index is 2.10. The van der Waals surface area contributed by atoms with Gasteiger partial charge in [0.2, 0.25) is 5.91 Å². The number of imidazole rings is 1. The predicted molar refractivity (Wildman–Crippen MR) is 86.6 cm³/mol. The third kappa shape index (κ3) is 3.13. The molecular formula is C18H16FN3O. The summed E-state index contributed by atoms with van der Waals surface area (Å²) < 4.78 is 15.3. The van der Waals surface area contributed by atoms with Crippen LogP contribution in [0.4, 0.5) is 4.39 Å². The normalized spacial score (nSPS) is 10.7. The largest absolute Gasteiger partial charge is 0.369 e. The summed E-state index contributed by atoms with van der Waals surface area (Å²) >= 11 is 0. The second-order valence-corrected chi connectivity index (χ2v) is 5.35. The first-order valence-corrected chi connectivity index (χ1v) is 7.23. The highest BCUT2D eigenvalue weighted by Gasteiger charge is 2.13. The number of aromatic nitrogens is 2. The monoisotopic (exact) mass is 309 g/mol. The molecule has 0 aliphatic heterocycles. The van der Waals surface area contributed by atoms with Gasteiger partial charge < -0.3 is 10.3 Å². The van der Waals surface area contributed by atoms with E-state index in [-0.39, 0.29) is 12.2 Å². The Bertz CT molecular complexity index is 856. The summed E-state index contributed by atoms with van der Waals surface area (Å²) in [6.45, 7) is 1.71. The van der Waals surface area contributed by atoms with E-state index < -0.39 is 5.91 Å². The van der Waals surface area contributed by atoms with Gasteiger partial charge in [0.05, 0.1) is 12.1 Å². The van der Waals surface area contributed by atoms with Crippen molar-refractivity contribution in [3.05, 3.63) is 71.9 Å². The van der Waals surface area contributed by atoms with E-state index >= 15 is 0 Å². The van der Waals surface area contributed by atoms with Crippen molar-refractivity contribution in [3.8, 4) is 16.9 Å². The summed E-state index contributed by atoms with van der Waals surface area (Å²) in [5.74, 6) is -0.149. The van der Waals surface area contributed by atoms with Crippen LogP contribution in [0.1, 0.15) is 11.4 Å². The summed E-state index contributed by atoms with van der Waals surface area (Å²) in [6.07, 6.45) is 1.87. The molecule has 0 aliphatic rings. The molecule has 0 fully saturated rings. The molecule has 5 heteroatoms. The number of benzene rings is 2. The molecule has 4 nitrogen and oxygen atoms in total. The van der Waals surface area contributed by atoms with Gasteiger partial charge in [0.1, 0.15) is 11.6 Å². The van der Waals surface area contributed by atoms with E-state index in [1.807, 2.05) is 41.1 Å². The van der Waals surface area contributed by atoms with Crippen LogP contribution in [-0.2, 0) is 11.2 Å². The van der Waals surface area contributed by atoms with Gasteiger partial charge in [-0.25, -0.2) is 9.37 Å². The summed E-state index contributed by atoms with van der Waals surface area (Å²) in [4.78, 5) is 15.8. The van der Waals surface area contributed by atoms with Crippen LogP contribution in [0.25, 0.3) is 16.9 Å². The van der Waals surface area contributed by atoms with Crippen LogP contribution in [-0.4, -0.2) is 15.5 Å². The van der Waals surface area contributed by atoms with Crippen molar-refractivity contribution < 1.29 is 9.18 Å². The third-order valence-electron chi connectivity index (χ3n) is 3.60. The maximum absolute atomic E-state index is 13.4. The fourth-order valence-electron chi connectivity index (χ4n) is 2.45. The molecule has 0 radical (unpaired) electrons. The van der Waals surface area contributed by atoms with E-state index in [0.29, 0.717) is 17.1 Å². The third-order valence-corrected chi connectivity index (χ3v) is 3.60. The number of nitrogens with zero attached hydrogens (tertiary/aromatic N) is 2. The summed E-state index contributed by atoms with van der Waals surface area (Å²) in [6, 6.07) is 14.4. The minimum Gasteiger partial charge on any atom is -0.369 e. The second-order valence-electron chi connectivity index (χ2n) is 5.35. The number of hydrogen-bond acceptors (Lipinski definition) is 2. The van der Waals surface area contributed by atoms with Crippen LogP contribution in [0, 0.1) is 12.7 Å². The van der Waals surface area contributed by atoms with Gasteiger partial charge in [-0.1, -0.05) is 18.2 Å². The molecule has 2 aromatic carbocycles. The zero-order valence-electron chi connectivity index (χ0n) is 12.7. The molecule has 0 aliphatic carbocycles. The van der Waals surface area contributed by atoms with Crippen LogP contribution < -0.4 is 5.73 Å². The van der Waals surface area contributed by atoms with Gasteiger partial charge in [-0.2, -0.15) is 0 Å². The molecule has 116 valence electrons. The molecule has 2 N–H and O–H groups in total. The van der Waals surface area contributed by atoms with Crippen LogP contribution in [0.3, 0.4) is 0 Å². The van der Waals surface area contributed by atoms with Gasteiger partial charge in [0.25, 0.3) is 0 Å². The number of primary amides is 1. The van der Waals surface area contributed by atoms with E-state index in [1.54, 1.807) is 19.1 Å². The van der Waals surface area contributed by atoms with Gasteiger partial charge in [0.15, 0.2) is 0 Å². The molecule has 1 amide bonds. The topological polar surface area (TPSA) is 60.9 Å². The molecule has 0 spiro atoms. The molecule has 3 aromatic rings. The minimum absolute atomic E-state index is 0.0368. The standard InChI is InChI=1S/C18H16FN3O/c1-12-9-13(7-8-15(12)19)16-11-22(14-5-3-2-4-6-14)18(21-16)10-17(20)23/h2-9,11H,10H2,1H3,(H2,20,23). The van der Waals surface area contributed by atoms with E-state index in [9.17, 15) is 9.18 Å². The lowest BCUT2D eigenvalue weighted by molar-refractivity contribution is -0.117. The zero-order valence-corrected chi connectivity index (χ0v) is 12.7. The van der Waals surface area contributed by atoms with Crippen LogP contribution >= 0.6 is 0 Å². The highest BCUT2D eigenvalue weighted by Crippen LogP contribution is 2.23. The number of hydrogen-bond donors (Lipinski definition) is 1. The zero-order chi connectivity index (χ0) is 16.4. The molecular weight excluding hydrogens is 293 g/mol. The number of rotatable bonds is 4. The van der Waals surface area contributed by atoms with Crippen LogP contribution in [0.5, 0.6) is 0 Å². The van der Waals surface area contributed by atoms with Crippen molar-refractivity contribution in [2.45, 2.75) is 13.3 Å². The lowest BCUT2D eigenvalue weighted by Crippen LogP contribution is -2.16. The lowest BCUT2D eigenvalue weighted by atomic mass is 10.1. The van der Waals surface area contributed by atoms with Gasteiger partial charge in [0, 0.05) is 17.4 Å². The van der Waals surface area contributed by atoms with Crippen LogP contribution in [0.15, 0.2) is 54.7 Å². The fourth-order valence-corrected chi connectivity index (χ4v) is 2.45. The molecule has 0 unspecified atom stereocenters. The molecule has 1 heterocycles. The minimum atomic E-state index is -0.449. The first kappa shape index (κ1) is 15.0. The first-order chi connectivity index (χ1) is 11.0. The lowest BCUT2D eigenvalue weighted by Gasteiger charge is -2.05. The molecule has 0 saturated carbocycles. The Morgan fingerprint density at radius 2 is 1.96 bits per heavy atom. The second kappa shape index (κ2) is 6.04. The van der Waals surface area contributed by atoms with Crippen molar-refractivity contribution in [2.75, 3.05) is 0 Å². The summed E-state index contributed by atoms with van der Waals surface area (Å²) in [5.41, 5.74) is 8.23. The molecule has 0 saturated heterocycles. The summed E-state index contributed by atoms with van der Waals surface area (Å²) in [5, 5.41) is 0. The summed E-state index contributed by atoms with van der Waals surface area (Å²) in [7, 11) is 0. The number of aryl methyl sites for hydroxylation is 1. The predicted octanol–water partition coefficient (Wildman–Crippen LogP) is 3.01. The molecule has 3 rings (SSSR count). The maximum Gasteiger partial charge on any atom is 0.225 e. The first-order valence-electron chi connectivity index (χ1n) is 7.23.